The second kappa shape index (κ2) is 7.13. The molecule has 1 amide bonds. The zero-order chi connectivity index (χ0) is 12.8. The molecule has 0 aliphatic heterocycles. The van der Waals surface area contributed by atoms with Crippen molar-refractivity contribution < 1.29 is 4.79 Å². The molecule has 0 spiro atoms. The minimum Gasteiger partial charge on any atom is -0.356 e. The Bertz CT molecular complexity index is 261. The zero-order valence-corrected chi connectivity index (χ0v) is 11.5. The van der Waals surface area contributed by atoms with E-state index in [9.17, 15) is 4.79 Å². The van der Waals surface area contributed by atoms with Crippen molar-refractivity contribution in [3.05, 3.63) is 0 Å². The third-order valence-corrected chi connectivity index (χ3v) is 4.66. The quantitative estimate of drug-likeness (QED) is 0.808. The van der Waals surface area contributed by atoms with Gasteiger partial charge in [0.15, 0.2) is 0 Å². The standard InChI is InChI=1S/C15H28N2O/c16-14-8-4-7-13(11-14)15(18)17-10-9-12-5-2-1-3-6-12/h12-14H,1-11,16H2,(H,17,18). The fourth-order valence-corrected chi connectivity index (χ4v) is 3.49. The first kappa shape index (κ1) is 13.9. The Morgan fingerprint density at radius 3 is 2.56 bits per heavy atom. The number of rotatable bonds is 4. The van der Waals surface area contributed by atoms with Crippen molar-refractivity contribution in [3.8, 4) is 0 Å². The van der Waals surface area contributed by atoms with Crippen molar-refractivity contribution in [3.63, 3.8) is 0 Å². The zero-order valence-electron chi connectivity index (χ0n) is 11.5. The first-order chi connectivity index (χ1) is 8.75. The molecule has 2 aliphatic rings. The molecule has 2 aliphatic carbocycles. The van der Waals surface area contributed by atoms with Gasteiger partial charge < -0.3 is 11.1 Å². The van der Waals surface area contributed by atoms with Gasteiger partial charge in [-0.3, -0.25) is 4.79 Å². The van der Waals surface area contributed by atoms with E-state index in [4.69, 9.17) is 5.73 Å². The van der Waals surface area contributed by atoms with Gasteiger partial charge in [0.25, 0.3) is 0 Å². The van der Waals surface area contributed by atoms with Crippen LogP contribution in [0.15, 0.2) is 0 Å². The van der Waals surface area contributed by atoms with Gasteiger partial charge in [0.1, 0.15) is 0 Å². The summed E-state index contributed by atoms with van der Waals surface area (Å²) >= 11 is 0. The van der Waals surface area contributed by atoms with Crippen LogP contribution in [0.1, 0.15) is 64.2 Å². The number of carbonyl (C=O) groups is 1. The fraction of sp³-hybridized carbons (Fsp3) is 0.933. The number of hydrogen-bond donors (Lipinski definition) is 2. The molecular formula is C15H28N2O. The Morgan fingerprint density at radius 1 is 1.06 bits per heavy atom. The lowest BCUT2D eigenvalue weighted by molar-refractivity contribution is -0.126. The average Bonchev–Trinajstić information content (AvgIpc) is 2.40. The van der Waals surface area contributed by atoms with Gasteiger partial charge in [-0.2, -0.15) is 0 Å². The van der Waals surface area contributed by atoms with E-state index in [1.165, 1.54) is 38.5 Å². The van der Waals surface area contributed by atoms with Gasteiger partial charge in [-0.15, -0.1) is 0 Å². The van der Waals surface area contributed by atoms with Crippen LogP contribution in [-0.4, -0.2) is 18.5 Å². The highest BCUT2D eigenvalue weighted by Crippen LogP contribution is 2.26. The average molecular weight is 252 g/mol. The molecule has 0 bridgehead atoms. The topological polar surface area (TPSA) is 55.1 Å². The molecule has 2 atom stereocenters. The summed E-state index contributed by atoms with van der Waals surface area (Å²) in [6, 6.07) is 0.243. The highest BCUT2D eigenvalue weighted by atomic mass is 16.1. The van der Waals surface area contributed by atoms with E-state index in [-0.39, 0.29) is 17.9 Å². The normalized spacial score (nSPS) is 30.1. The predicted octanol–water partition coefficient (Wildman–Crippen LogP) is 2.59. The van der Waals surface area contributed by atoms with Gasteiger partial charge in [-0.25, -0.2) is 0 Å². The minimum atomic E-state index is 0.181. The highest BCUT2D eigenvalue weighted by molar-refractivity contribution is 5.78. The van der Waals surface area contributed by atoms with Crippen molar-refractivity contribution in [1.82, 2.24) is 5.32 Å². The second-order valence-electron chi connectivity index (χ2n) is 6.21. The monoisotopic (exact) mass is 252 g/mol. The SMILES string of the molecule is NC1CCCC(C(=O)NCCC2CCCCC2)C1. The van der Waals surface area contributed by atoms with Crippen molar-refractivity contribution in [1.29, 1.82) is 0 Å². The third-order valence-electron chi connectivity index (χ3n) is 4.66. The first-order valence-corrected chi connectivity index (χ1v) is 7.79. The molecule has 2 rings (SSSR count). The van der Waals surface area contributed by atoms with Crippen LogP contribution in [-0.2, 0) is 4.79 Å². The molecular weight excluding hydrogens is 224 g/mol. The lowest BCUT2D eigenvalue weighted by Crippen LogP contribution is -2.38. The van der Waals surface area contributed by atoms with E-state index >= 15 is 0 Å². The third kappa shape index (κ3) is 4.27. The number of hydrogen-bond acceptors (Lipinski definition) is 2. The van der Waals surface area contributed by atoms with Crippen LogP contribution in [0.3, 0.4) is 0 Å². The molecule has 0 aromatic carbocycles. The molecule has 0 heterocycles. The number of amides is 1. The number of nitrogens with two attached hydrogens (primary N) is 1. The Balaban J connectivity index is 1.61. The summed E-state index contributed by atoms with van der Waals surface area (Å²) in [5.74, 6) is 1.29. The summed E-state index contributed by atoms with van der Waals surface area (Å²) in [5.41, 5.74) is 5.93. The van der Waals surface area contributed by atoms with Gasteiger partial charge >= 0.3 is 0 Å². The minimum absolute atomic E-state index is 0.181. The maximum Gasteiger partial charge on any atom is 0.223 e. The molecule has 0 radical (unpaired) electrons. The van der Waals surface area contributed by atoms with Gasteiger partial charge in [-0.1, -0.05) is 38.5 Å². The van der Waals surface area contributed by atoms with Gasteiger partial charge in [0.2, 0.25) is 5.91 Å². The van der Waals surface area contributed by atoms with Crippen molar-refractivity contribution in [2.24, 2.45) is 17.6 Å². The molecule has 2 unspecified atom stereocenters. The molecule has 104 valence electrons. The van der Waals surface area contributed by atoms with Crippen LogP contribution in [0, 0.1) is 11.8 Å². The molecule has 3 nitrogen and oxygen atoms in total. The summed E-state index contributed by atoms with van der Waals surface area (Å²) in [6.07, 6.45) is 12.2. The Morgan fingerprint density at radius 2 is 1.83 bits per heavy atom. The lowest BCUT2D eigenvalue weighted by Gasteiger charge is -2.26. The Labute approximate surface area is 111 Å². The van der Waals surface area contributed by atoms with Gasteiger partial charge in [0.05, 0.1) is 0 Å². The van der Waals surface area contributed by atoms with Crippen LogP contribution >= 0.6 is 0 Å². The Hall–Kier alpha value is -0.570. The predicted molar refractivity (Wildman–Crippen MR) is 74.1 cm³/mol. The molecule has 18 heavy (non-hydrogen) atoms. The number of carbonyl (C=O) groups excluding carboxylic acids is 1. The van der Waals surface area contributed by atoms with Crippen molar-refractivity contribution in [2.45, 2.75) is 70.3 Å². The van der Waals surface area contributed by atoms with E-state index < -0.39 is 0 Å². The summed E-state index contributed by atoms with van der Waals surface area (Å²) in [6.45, 7) is 0.870. The molecule has 3 N–H and O–H groups in total. The smallest absolute Gasteiger partial charge is 0.223 e. The number of nitrogens with one attached hydrogen (secondary N) is 1. The molecule has 0 aromatic heterocycles. The molecule has 2 saturated carbocycles. The van der Waals surface area contributed by atoms with Crippen molar-refractivity contribution >= 4 is 5.91 Å². The molecule has 0 aromatic rings. The fourth-order valence-electron chi connectivity index (χ4n) is 3.49. The van der Waals surface area contributed by atoms with Crippen LogP contribution < -0.4 is 11.1 Å². The van der Waals surface area contributed by atoms with Crippen molar-refractivity contribution in [2.75, 3.05) is 6.54 Å². The van der Waals surface area contributed by atoms with Crippen LogP contribution in [0.5, 0.6) is 0 Å². The summed E-state index contributed by atoms with van der Waals surface area (Å²) < 4.78 is 0. The molecule has 3 heteroatoms. The maximum atomic E-state index is 12.0. The van der Waals surface area contributed by atoms with E-state index in [1.807, 2.05) is 0 Å². The van der Waals surface area contributed by atoms with Crippen LogP contribution in [0.4, 0.5) is 0 Å². The largest absolute Gasteiger partial charge is 0.356 e. The van der Waals surface area contributed by atoms with Crippen LogP contribution in [0.25, 0.3) is 0 Å². The summed E-state index contributed by atoms with van der Waals surface area (Å²) in [7, 11) is 0. The lowest BCUT2D eigenvalue weighted by atomic mass is 9.85. The molecule has 0 saturated heterocycles. The van der Waals surface area contributed by atoms with E-state index in [0.29, 0.717) is 0 Å². The summed E-state index contributed by atoms with van der Waals surface area (Å²) in [4.78, 5) is 12.0. The Kier molecular flexibility index (Phi) is 5.48. The highest BCUT2D eigenvalue weighted by Gasteiger charge is 2.25. The van der Waals surface area contributed by atoms with Gasteiger partial charge in [0, 0.05) is 18.5 Å². The van der Waals surface area contributed by atoms with E-state index in [0.717, 1.165) is 38.1 Å². The first-order valence-electron chi connectivity index (χ1n) is 7.79. The maximum absolute atomic E-state index is 12.0. The van der Waals surface area contributed by atoms with E-state index in [1.54, 1.807) is 0 Å². The summed E-state index contributed by atoms with van der Waals surface area (Å²) in [5, 5.41) is 3.13. The second-order valence-corrected chi connectivity index (χ2v) is 6.21. The van der Waals surface area contributed by atoms with Crippen LogP contribution in [0.2, 0.25) is 0 Å². The van der Waals surface area contributed by atoms with E-state index in [2.05, 4.69) is 5.32 Å². The molecule has 2 fully saturated rings. The van der Waals surface area contributed by atoms with Gasteiger partial charge in [-0.05, 0) is 31.6 Å².